The van der Waals surface area contributed by atoms with Crippen molar-refractivity contribution in [3.63, 3.8) is 0 Å². The molecule has 1 amide bonds. The van der Waals surface area contributed by atoms with Crippen molar-refractivity contribution in [2.45, 2.75) is 12.2 Å². The number of H-pyrrole nitrogens is 1. The summed E-state index contributed by atoms with van der Waals surface area (Å²) < 4.78 is 0. The number of benzene rings is 2. The van der Waals surface area contributed by atoms with Crippen molar-refractivity contribution in [1.82, 2.24) is 9.97 Å². The zero-order valence-corrected chi connectivity index (χ0v) is 15.2. The number of nitrogens with zero attached hydrogens (tertiary/aromatic N) is 1. The number of rotatable bonds is 5. The third kappa shape index (κ3) is 4.04. The Bertz CT molecular complexity index is 848. The molecule has 1 unspecified atom stereocenters. The van der Waals surface area contributed by atoms with Crippen molar-refractivity contribution in [3.05, 3.63) is 58.3 Å². The van der Waals surface area contributed by atoms with Crippen LogP contribution < -0.4 is 5.32 Å². The molecule has 124 valence electrons. The molecule has 1 atom stereocenters. The molecule has 0 saturated carbocycles. The monoisotopic (exact) mass is 379 g/mol. The maximum Gasteiger partial charge on any atom is 0.234 e. The van der Waals surface area contributed by atoms with Crippen LogP contribution in [0.4, 0.5) is 5.69 Å². The minimum Gasteiger partial charge on any atom is -0.341 e. The van der Waals surface area contributed by atoms with E-state index in [0.29, 0.717) is 21.5 Å². The van der Waals surface area contributed by atoms with Crippen LogP contribution in [0.25, 0.3) is 11.0 Å². The van der Waals surface area contributed by atoms with Gasteiger partial charge in [0.25, 0.3) is 0 Å². The highest BCUT2D eigenvalue weighted by Gasteiger charge is 2.13. The Morgan fingerprint density at radius 3 is 2.79 bits per heavy atom. The molecule has 24 heavy (non-hydrogen) atoms. The van der Waals surface area contributed by atoms with E-state index in [9.17, 15) is 4.79 Å². The predicted molar refractivity (Wildman–Crippen MR) is 102 cm³/mol. The van der Waals surface area contributed by atoms with Gasteiger partial charge in [0, 0.05) is 5.69 Å². The van der Waals surface area contributed by atoms with Gasteiger partial charge in [0.15, 0.2) is 0 Å². The maximum absolute atomic E-state index is 12.1. The van der Waals surface area contributed by atoms with Crippen molar-refractivity contribution >= 4 is 57.6 Å². The number of hydrogen-bond acceptors (Lipinski definition) is 3. The molecule has 3 rings (SSSR count). The zero-order chi connectivity index (χ0) is 17.1. The molecule has 0 saturated heterocycles. The topological polar surface area (TPSA) is 57.8 Å². The Morgan fingerprint density at radius 1 is 1.25 bits per heavy atom. The van der Waals surface area contributed by atoms with Gasteiger partial charge in [0.2, 0.25) is 5.91 Å². The Morgan fingerprint density at radius 2 is 2.04 bits per heavy atom. The van der Waals surface area contributed by atoms with Gasteiger partial charge in [0.1, 0.15) is 5.82 Å². The lowest BCUT2D eigenvalue weighted by Crippen LogP contribution is -2.14. The average Bonchev–Trinajstić information content (AvgIpc) is 3.00. The summed E-state index contributed by atoms with van der Waals surface area (Å²) in [5.41, 5.74) is 2.56. The normalized spacial score (nSPS) is 12.3. The van der Waals surface area contributed by atoms with E-state index < -0.39 is 0 Å². The van der Waals surface area contributed by atoms with E-state index in [1.807, 2.05) is 31.2 Å². The molecule has 0 bridgehead atoms. The van der Waals surface area contributed by atoms with E-state index in [1.165, 1.54) is 11.8 Å². The molecule has 0 aliphatic heterocycles. The molecule has 4 nitrogen and oxygen atoms in total. The summed E-state index contributed by atoms with van der Waals surface area (Å²) in [7, 11) is 0. The Balaban J connectivity index is 1.58. The number of thioether (sulfide) groups is 1. The molecule has 0 aliphatic rings. The standard InChI is InChI=1S/C17H15Cl2N3OS/c1-10(17-21-14-4-2-3-5-15(14)22-17)24-9-16(23)20-11-6-7-12(18)13(19)8-11/h2-8,10H,9H2,1H3,(H,20,23)(H,21,22). The van der Waals surface area contributed by atoms with Gasteiger partial charge in [0.05, 0.1) is 32.1 Å². The number of carbonyl (C=O) groups excluding carboxylic acids is 1. The number of para-hydroxylation sites is 2. The van der Waals surface area contributed by atoms with Crippen LogP contribution in [-0.4, -0.2) is 21.6 Å². The summed E-state index contributed by atoms with van der Waals surface area (Å²) in [5.74, 6) is 1.09. The lowest BCUT2D eigenvalue weighted by atomic mass is 10.3. The lowest BCUT2D eigenvalue weighted by molar-refractivity contribution is -0.113. The maximum atomic E-state index is 12.1. The van der Waals surface area contributed by atoms with Crippen LogP contribution in [-0.2, 0) is 4.79 Å². The van der Waals surface area contributed by atoms with Gasteiger partial charge in [-0.25, -0.2) is 4.98 Å². The number of imidazole rings is 1. The highest BCUT2D eigenvalue weighted by Crippen LogP contribution is 2.28. The first-order valence-electron chi connectivity index (χ1n) is 7.34. The van der Waals surface area contributed by atoms with E-state index in [4.69, 9.17) is 23.2 Å². The molecular weight excluding hydrogens is 365 g/mol. The molecule has 1 heterocycles. The number of carbonyl (C=O) groups is 1. The molecule has 2 aromatic carbocycles. The Hall–Kier alpha value is -1.69. The first-order valence-corrected chi connectivity index (χ1v) is 9.14. The SMILES string of the molecule is CC(SCC(=O)Nc1ccc(Cl)c(Cl)c1)c1nc2ccccc2[nH]1. The lowest BCUT2D eigenvalue weighted by Gasteiger charge is -2.09. The van der Waals surface area contributed by atoms with Crippen molar-refractivity contribution in [3.8, 4) is 0 Å². The summed E-state index contributed by atoms with van der Waals surface area (Å²) in [6, 6.07) is 12.9. The van der Waals surface area contributed by atoms with Crippen molar-refractivity contribution in [2.75, 3.05) is 11.1 Å². The number of aromatic amines is 1. The third-order valence-electron chi connectivity index (χ3n) is 3.46. The van der Waals surface area contributed by atoms with E-state index >= 15 is 0 Å². The second kappa shape index (κ2) is 7.47. The summed E-state index contributed by atoms with van der Waals surface area (Å²) in [5, 5.41) is 3.77. The van der Waals surface area contributed by atoms with Gasteiger partial charge in [-0.05, 0) is 37.3 Å². The van der Waals surface area contributed by atoms with Gasteiger partial charge in [-0.3, -0.25) is 4.79 Å². The molecule has 7 heteroatoms. The summed E-state index contributed by atoms with van der Waals surface area (Å²) in [6.07, 6.45) is 0. The number of halogens is 2. The molecule has 1 aromatic heterocycles. The van der Waals surface area contributed by atoms with E-state index in [-0.39, 0.29) is 11.2 Å². The second-order valence-electron chi connectivity index (χ2n) is 5.27. The zero-order valence-electron chi connectivity index (χ0n) is 12.8. The quantitative estimate of drug-likeness (QED) is 0.631. The largest absolute Gasteiger partial charge is 0.341 e. The van der Waals surface area contributed by atoms with Crippen LogP contribution in [0.15, 0.2) is 42.5 Å². The van der Waals surface area contributed by atoms with Gasteiger partial charge < -0.3 is 10.3 Å². The number of aromatic nitrogens is 2. The smallest absolute Gasteiger partial charge is 0.234 e. The van der Waals surface area contributed by atoms with Gasteiger partial charge in [-0.15, -0.1) is 11.8 Å². The first kappa shape index (κ1) is 17.1. The molecule has 0 fully saturated rings. The number of fused-ring (bicyclic) bond motifs is 1. The fraction of sp³-hybridized carbons (Fsp3) is 0.176. The van der Waals surface area contributed by atoms with Crippen molar-refractivity contribution in [1.29, 1.82) is 0 Å². The fourth-order valence-corrected chi connectivity index (χ4v) is 3.26. The fourth-order valence-electron chi connectivity index (χ4n) is 2.22. The predicted octanol–water partition coefficient (Wildman–Crippen LogP) is 5.30. The van der Waals surface area contributed by atoms with E-state index in [0.717, 1.165) is 16.9 Å². The van der Waals surface area contributed by atoms with Gasteiger partial charge in [-0.1, -0.05) is 35.3 Å². The number of nitrogens with one attached hydrogen (secondary N) is 2. The second-order valence-corrected chi connectivity index (χ2v) is 7.41. The van der Waals surface area contributed by atoms with Crippen LogP contribution in [0.1, 0.15) is 18.0 Å². The van der Waals surface area contributed by atoms with E-state index in [1.54, 1.807) is 18.2 Å². The summed E-state index contributed by atoms with van der Waals surface area (Å²) >= 11 is 13.3. The van der Waals surface area contributed by atoms with Crippen molar-refractivity contribution in [2.24, 2.45) is 0 Å². The Kier molecular flexibility index (Phi) is 5.33. The Labute approximate surface area is 153 Å². The highest BCUT2D eigenvalue weighted by atomic mass is 35.5. The molecule has 0 aliphatic carbocycles. The number of amides is 1. The summed E-state index contributed by atoms with van der Waals surface area (Å²) in [4.78, 5) is 19.9. The number of anilines is 1. The van der Waals surface area contributed by atoms with Crippen LogP contribution >= 0.6 is 35.0 Å². The average molecular weight is 380 g/mol. The van der Waals surface area contributed by atoms with Crippen molar-refractivity contribution < 1.29 is 4.79 Å². The number of hydrogen-bond donors (Lipinski definition) is 2. The van der Waals surface area contributed by atoms with Crippen LogP contribution in [0.5, 0.6) is 0 Å². The minimum atomic E-state index is -0.0960. The molecule has 0 spiro atoms. The van der Waals surface area contributed by atoms with Crippen LogP contribution in [0, 0.1) is 0 Å². The third-order valence-corrected chi connectivity index (χ3v) is 5.35. The van der Waals surface area contributed by atoms with Crippen LogP contribution in [0.2, 0.25) is 10.0 Å². The van der Waals surface area contributed by atoms with E-state index in [2.05, 4.69) is 15.3 Å². The molecule has 0 radical (unpaired) electrons. The molecule has 2 N–H and O–H groups in total. The molecular formula is C17H15Cl2N3OS. The van der Waals surface area contributed by atoms with Gasteiger partial charge >= 0.3 is 0 Å². The summed E-state index contributed by atoms with van der Waals surface area (Å²) in [6.45, 7) is 2.02. The van der Waals surface area contributed by atoms with Gasteiger partial charge in [-0.2, -0.15) is 0 Å². The van der Waals surface area contributed by atoms with Crippen LogP contribution in [0.3, 0.4) is 0 Å². The first-order chi connectivity index (χ1) is 11.5. The molecule has 3 aromatic rings. The minimum absolute atomic E-state index is 0.0805. The highest BCUT2D eigenvalue weighted by molar-refractivity contribution is 8.00.